The number of hydrogen-bond donors (Lipinski definition) is 2. The number of alkyl halides is 4. The molecule has 3 rings (SSSR count). The minimum Gasteiger partial charge on any atom is -0.481 e. The van der Waals surface area contributed by atoms with E-state index in [4.69, 9.17) is 24.4 Å². The lowest BCUT2D eigenvalue weighted by Gasteiger charge is -2.26. The van der Waals surface area contributed by atoms with E-state index in [1.807, 2.05) is 66.7 Å². The molecule has 0 saturated heterocycles. The van der Waals surface area contributed by atoms with E-state index in [0.717, 1.165) is 39.1 Å². The summed E-state index contributed by atoms with van der Waals surface area (Å²) in [6.45, 7) is 15.2. The summed E-state index contributed by atoms with van der Waals surface area (Å²) < 4.78 is 110. The maximum atomic E-state index is 12.5. The van der Waals surface area contributed by atoms with Crippen LogP contribution in [-0.2, 0) is 67.5 Å². The van der Waals surface area contributed by atoms with Crippen molar-refractivity contribution in [3.8, 4) is 0 Å². The molecule has 0 aliphatic rings. The zero-order valence-electron chi connectivity index (χ0n) is 42.5. The van der Waals surface area contributed by atoms with Crippen molar-refractivity contribution in [2.75, 3.05) is 60.5 Å². The monoisotopic (exact) mass is 1060 g/mol. The molecule has 0 atom stereocenters. The Kier molecular flexibility index (Phi) is 36.9. The maximum absolute atomic E-state index is 12.5. The molecule has 406 valence electrons. The first-order valence-corrected chi connectivity index (χ1v) is 24.9. The summed E-state index contributed by atoms with van der Waals surface area (Å²) in [6, 6.07) is 27.8. The highest BCUT2D eigenvalue weighted by Gasteiger charge is 2.39. The van der Waals surface area contributed by atoms with Gasteiger partial charge >= 0.3 is 23.9 Å². The van der Waals surface area contributed by atoms with E-state index >= 15 is 0 Å². The molecule has 0 saturated carbocycles. The van der Waals surface area contributed by atoms with Crippen molar-refractivity contribution in [2.45, 2.75) is 88.1 Å². The van der Waals surface area contributed by atoms with Crippen molar-refractivity contribution in [3.63, 3.8) is 0 Å². The number of hydrogen-bond acceptors (Lipinski definition) is 12. The van der Waals surface area contributed by atoms with E-state index < -0.39 is 63.8 Å². The normalized spacial score (nSPS) is 11.5. The first-order chi connectivity index (χ1) is 32.9. The van der Waals surface area contributed by atoms with Crippen LogP contribution < -0.4 is 0 Å². The zero-order valence-corrected chi connectivity index (χ0v) is 44.3. The fourth-order valence-corrected chi connectivity index (χ4v) is 4.30. The number of rotatable bonds is 21. The Hall–Kier alpha value is -4.66. The van der Waals surface area contributed by atoms with Gasteiger partial charge in [0.2, 0.25) is 0 Å². The molecule has 0 aliphatic heterocycles. The van der Waals surface area contributed by atoms with Gasteiger partial charge in [0.15, 0.2) is 0 Å². The van der Waals surface area contributed by atoms with E-state index in [1.165, 1.54) is 41.9 Å². The zero-order chi connectivity index (χ0) is 55.5. The van der Waals surface area contributed by atoms with Crippen LogP contribution in [0.25, 0.3) is 0 Å². The van der Waals surface area contributed by atoms with Crippen LogP contribution in [0.15, 0.2) is 91.0 Å². The number of aliphatic hydroxyl groups excluding tert-OH is 1. The largest absolute Gasteiger partial charge is 0.481 e. The number of halogens is 7. The Balaban J connectivity index is -0.000000811. The van der Waals surface area contributed by atoms with Crippen molar-refractivity contribution in [2.24, 2.45) is 21.7 Å². The third-order valence-corrected chi connectivity index (χ3v) is 9.91. The second kappa shape index (κ2) is 37.1. The lowest BCUT2D eigenvalue weighted by atomic mass is 9.95. The first kappa shape index (κ1) is 70.6. The summed E-state index contributed by atoms with van der Waals surface area (Å²) >= 11 is -5.14. The number of carbonyl (C=O) groups is 5. The van der Waals surface area contributed by atoms with Crippen molar-refractivity contribution >= 4 is 50.1 Å². The number of benzene rings is 3. The lowest BCUT2D eigenvalue weighted by molar-refractivity contribution is -0.164. The summed E-state index contributed by atoms with van der Waals surface area (Å²) in [6.07, 6.45) is -4.94. The smallest absolute Gasteiger partial charge is 0.319 e. The molecule has 0 aliphatic carbocycles. The molecule has 71 heavy (non-hydrogen) atoms. The number of carbonyl (C=O) groups excluding carboxylic acids is 4. The number of carboxylic acids is 1. The predicted octanol–water partition coefficient (Wildman–Crippen LogP) is 11.0. The van der Waals surface area contributed by atoms with Crippen LogP contribution in [0.1, 0.15) is 72.1 Å². The molecule has 3 aromatic rings. The molecule has 0 bridgehead atoms. The molecule has 0 radical (unpaired) electrons. The summed E-state index contributed by atoms with van der Waals surface area (Å²) in [4.78, 5) is 54.8. The summed E-state index contributed by atoms with van der Waals surface area (Å²) in [5, 5.41) is 17.1. The number of aldehydes is 1. The van der Waals surface area contributed by atoms with Crippen LogP contribution in [0.4, 0.5) is 29.2 Å². The molecule has 0 aromatic heterocycles. The Bertz CT molecular complexity index is 1890. The van der Waals surface area contributed by atoms with Gasteiger partial charge in [-0.15, -0.1) is 20.2 Å². The highest BCUT2D eigenvalue weighted by molar-refractivity contribution is 8.18. The van der Waals surface area contributed by atoms with Gasteiger partial charge in [0, 0.05) is 27.3 Å². The number of aliphatic carboxylic acids is 1. The summed E-state index contributed by atoms with van der Waals surface area (Å²) in [5.74, 6) is -3.24. The highest BCUT2D eigenvalue weighted by Crippen LogP contribution is 2.56. The molecular weight excluding hydrogens is 991 g/mol. The van der Waals surface area contributed by atoms with Gasteiger partial charge in [-0.1, -0.05) is 91.0 Å². The van der Waals surface area contributed by atoms with Gasteiger partial charge in [-0.25, -0.2) is 17.6 Å². The molecule has 0 amide bonds. The van der Waals surface area contributed by atoms with Crippen LogP contribution in [0.5, 0.6) is 0 Å². The maximum Gasteiger partial charge on any atom is 0.319 e. The molecule has 22 heteroatoms. The number of aliphatic hydroxyl groups is 1. The van der Waals surface area contributed by atoms with Crippen molar-refractivity contribution in [1.29, 1.82) is 0 Å². The quantitative estimate of drug-likeness (QED) is 0.0258. The fourth-order valence-electron chi connectivity index (χ4n) is 3.74. The average molecular weight is 1060 g/mol. The van der Waals surface area contributed by atoms with E-state index in [1.54, 1.807) is 38.1 Å². The second-order valence-corrected chi connectivity index (χ2v) is 19.5. The van der Waals surface area contributed by atoms with E-state index in [0.29, 0.717) is 10.6 Å². The van der Waals surface area contributed by atoms with E-state index in [2.05, 4.69) is 22.8 Å². The summed E-state index contributed by atoms with van der Waals surface area (Å²) in [7, 11) is 3.83. The molecular formula is C49H73F7NO12PS. The van der Waals surface area contributed by atoms with Crippen molar-refractivity contribution < 1.29 is 87.1 Å². The van der Waals surface area contributed by atoms with Gasteiger partial charge in [-0.05, 0) is 85.4 Å². The molecule has 13 nitrogen and oxygen atoms in total. The van der Waals surface area contributed by atoms with Crippen LogP contribution in [0, 0.1) is 21.7 Å². The number of carboxylic acid groups (broad SMARTS) is 1. The molecule has 0 fully saturated rings. The highest BCUT2D eigenvalue weighted by atomic mass is 32.3. The van der Waals surface area contributed by atoms with Gasteiger partial charge in [0.25, 0.3) is 24.2 Å². The van der Waals surface area contributed by atoms with Gasteiger partial charge in [-0.2, -0.15) is 4.31 Å². The average Bonchev–Trinajstić information content (AvgIpc) is 3.33. The number of methoxy groups -OCH3 is 2. The Morgan fingerprint density at radius 3 is 1.15 bits per heavy atom. The number of esters is 3. The van der Waals surface area contributed by atoms with Crippen molar-refractivity contribution in [1.82, 2.24) is 4.31 Å². The van der Waals surface area contributed by atoms with Crippen LogP contribution in [0.2, 0.25) is 0 Å². The summed E-state index contributed by atoms with van der Waals surface area (Å²) in [5.41, 5.74) is -2.92. The van der Waals surface area contributed by atoms with Gasteiger partial charge < -0.3 is 38.7 Å². The van der Waals surface area contributed by atoms with Crippen molar-refractivity contribution in [3.05, 3.63) is 108 Å². The Morgan fingerprint density at radius 1 is 0.606 bits per heavy atom. The molecule has 0 spiro atoms. The van der Waals surface area contributed by atoms with Crippen LogP contribution in [0.3, 0.4) is 0 Å². The third kappa shape index (κ3) is 32.1. The number of nitrogens with zero attached hydrogens (tertiary/aromatic N) is 1. The minimum absolute atomic E-state index is 0.0236. The van der Waals surface area contributed by atoms with Crippen LogP contribution in [-0.4, -0.2) is 118 Å². The second-order valence-electron chi connectivity index (χ2n) is 17.2. The van der Waals surface area contributed by atoms with E-state index in [9.17, 15) is 53.2 Å². The topological polar surface area (TPSA) is 175 Å². The third-order valence-electron chi connectivity index (χ3n) is 8.96. The lowest BCUT2D eigenvalue weighted by Crippen LogP contribution is -2.33. The first-order valence-electron chi connectivity index (χ1n) is 21.6. The minimum atomic E-state index is -5.14. The molecule has 2 N–H and O–H groups in total. The predicted molar refractivity (Wildman–Crippen MR) is 263 cm³/mol. The van der Waals surface area contributed by atoms with Crippen LogP contribution >= 0.6 is 20.0 Å². The van der Waals surface area contributed by atoms with Gasteiger partial charge in [-0.3, -0.25) is 19.2 Å². The standard InChI is InChI=1S/C12H14F2O2.C12H16O3.C12H14O3.C6H14F3NO2S.C5H8F2O2.C2H7P/c1-12(2,10(13)14)11(15)16-8-9-6-4-3-5-7-9;2*1-12(2,9-13)11(14)15-8-10-6-4-3-5-7-10;1-11-5-3-10(4-6-12-2)13(7,8)9;1-5(2,3(6)7)4(8)9;1-3-2/h3-7,10H,8H2,1-2H3;3-7,13H,8-9H2,1-2H3;3-7,9H,8H2,1-2H3;3-6H2,1-2H3;3H,1-2H3,(H,8,9);3H,1-2H3. The van der Waals surface area contributed by atoms with E-state index in [-0.39, 0.29) is 58.7 Å². The molecule has 0 unspecified atom stereocenters. The Labute approximate surface area is 418 Å². The fraction of sp³-hybridized carbons (Fsp3) is 0.531. The SMILES string of the molecule is CC(C)(C(=O)O)C(F)F.CC(C)(C(=O)OCc1ccccc1)C(F)F.CC(C)(C=O)C(=O)OCc1ccccc1.CC(C)(CO)C(=O)OCc1ccccc1.COCCN(CCOC)S(F)(F)F.CPC. The Morgan fingerprint density at radius 2 is 0.915 bits per heavy atom. The number of ether oxygens (including phenoxy) is 5. The molecule has 3 aromatic carbocycles. The van der Waals surface area contributed by atoms with Gasteiger partial charge in [0.1, 0.15) is 42.4 Å². The molecule has 0 heterocycles. The van der Waals surface area contributed by atoms with Gasteiger partial charge in [0.05, 0.1) is 25.2 Å².